The molecule has 6 nitrogen and oxygen atoms in total. The predicted molar refractivity (Wildman–Crippen MR) is 137 cm³/mol. The van der Waals surface area contributed by atoms with Crippen molar-refractivity contribution in [3.63, 3.8) is 0 Å². The minimum Gasteiger partial charge on any atom is -0.478 e. The zero-order valence-electron chi connectivity index (χ0n) is 20.0. The second-order valence-electron chi connectivity index (χ2n) is 8.80. The van der Waals surface area contributed by atoms with E-state index in [0.29, 0.717) is 24.6 Å². The highest BCUT2D eigenvalue weighted by Gasteiger charge is 2.20. The standard InChI is InChI=1S/C30H26FNO5/c31-24-9-11-25(12-10-24)32(19-23-8-15-27-28(17-23)36-20-35-27)18-22-6-13-26(14-7-22)37-29(30(33)34)16-21-4-2-1-3-5-21/h1-15,17,29H,16,18-20H2,(H,33,34)/t29-/m1/s1. The second kappa shape index (κ2) is 11.0. The molecule has 1 N–H and O–H groups in total. The summed E-state index contributed by atoms with van der Waals surface area (Å²) in [6.45, 7) is 1.33. The summed E-state index contributed by atoms with van der Waals surface area (Å²) in [7, 11) is 0. The van der Waals surface area contributed by atoms with Gasteiger partial charge in [0.05, 0.1) is 0 Å². The minimum absolute atomic E-state index is 0.211. The van der Waals surface area contributed by atoms with Gasteiger partial charge in [-0.3, -0.25) is 0 Å². The summed E-state index contributed by atoms with van der Waals surface area (Å²) >= 11 is 0. The number of carboxylic acids is 1. The summed E-state index contributed by atoms with van der Waals surface area (Å²) in [5.41, 5.74) is 3.78. The molecule has 188 valence electrons. The number of fused-ring (bicyclic) bond motifs is 1. The van der Waals surface area contributed by atoms with Crippen LogP contribution in [0, 0.1) is 5.82 Å². The third-order valence-electron chi connectivity index (χ3n) is 6.12. The van der Waals surface area contributed by atoms with Gasteiger partial charge in [0, 0.05) is 25.2 Å². The van der Waals surface area contributed by atoms with E-state index in [1.807, 2.05) is 60.7 Å². The number of nitrogens with zero attached hydrogens (tertiary/aromatic N) is 1. The quantitative estimate of drug-likeness (QED) is 0.296. The molecule has 37 heavy (non-hydrogen) atoms. The van der Waals surface area contributed by atoms with Gasteiger partial charge in [-0.2, -0.15) is 0 Å². The molecule has 0 bridgehead atoms. The maximum Gasteiger partial charge on any atom is 0.345 e. The average Bonchev–Trinajstić information content (AvgIpc) is 3.38. The first-order chi connectivity index (χ1) is 18.0. The third-order valence-corrected chi connectivity index (χ3v) is 6.12. The first-order valence-electron chi connectivity index (χ1n) is 11.9. The van der Waals surface area contributed by atoms with Crippen molar-refractivity contribution >= 4 is 11.7 Å². The van der Waals surface area contributed by atoms with Gasteiger partial charge < -0.3 is 24.2 Å². The van der Waals surface area contributed by atoms with Gasteiger partial charge in [-0.05, 0) is 65.2 Å². The topological polar surface area (TPSA) is 68.2 Å². The van der Waals surface area contributed by atoms with E-state index in [4.69, 9.17) is 14.2 Å². The van der Waals surface area contributed by atoms with Crippen LogP contribution in [-0.2, 0) is 24.3 Å². The first-order valence-corrected chi connectivity index (χ1v) is 11.9. The van der Waals surface area contributed by atoms with E-state index < -0.39 is 12.1 Å². The van der Waals surface area contributed by atoms with Gasteiger partial charge in [-0.25, -0.2) is 9.18 Å². The maximum atomic E-state index is 13.6. The summed E-state index contributed by atoms with van der Waals surface area (Å²) in [6.07, 6.45) is -0.721. The molecular weight excluding hydrogens is 473 g/mol. The van der Waals surface area contributed by atoms with E-state index in [1.165, 1.54) is 12.1 Å². The number of benzene rings is 4. The molecule has 5 rings (SSSR count). The molecule has 0 saturated carbocycles. The highest BCUT2D eigenvalue weighted by Crippen LogP contribution is 2.33. The number of carbonyl (C=O) groups is 1. The highest BCUT2D eigenvalue weighted by atomic mass is 19.1. The van der Waals surface area contributed by atoms with Crippen LogP contribution < -0.4 is 19.1 Å². The Labute approximate surface area is 214 Å². The Morgan fingerprint density at radius 3 is 2.24 bits per heavy atom. The van der Waals surface area contributed by atoms with Gasteiger partial charge in [-0.15, -0.1) is 0 Å². The normalized spacial score (nSPS) is 12.7. The van der Waals surface area contributed by atoms with Crippen LogP contribution in [0.3, 0.4) is 0 Å². The maximum absolute atomic E-state index is 13.6. The monoisotopic (exact) mass is 499 g/mol. The lowest BCUT2D eigenvalue weighted by Gasteiger charge is -2.25. The molecule has 1 aliphatic heterocycles. The van der Waals surface area contributed by atoms with Crippen molar-refractivity contribution in [3.05, 3.63) is 120 Å². The first kappa shape index (κ1) is 24.2. The van der Waals surface area contributed by atoms with E-state index in [2.05, 4.69) is 4.90 Å². The molecule has 0 radical (unpaired) electrons. The van der Waals surface area contributed by atoms with Crippen LogP contribution >= 0.6 is 0 Å². The minimum atomic E-state index is -1.01. The van der Waals surface area contributed by atoms with Crippen LogP contribution in [0.1, 0.15) is 16.7 Å². The molecule has 0 aliphatic carbocycles. The van der Waals surface area contributed by atoms with Crippen molar-refractivity contribution in [3.8, 4) is 17.2 Å². The summed E-state index contributed by atoms with van der Waals surface area (Å²) in [5.74, 6) is 0.605. The molecule has 0 aromatic heterocycles. The number of rotatable bonds is 10. The van der Waals surface area contributed by atoms with E-state index >= 15 is 0 Å². The Kier molecular flexibility index (Phi) is 7.21. The van der Waals surface area contributed by atoms with Crippen molar-refractivity contribution in [2.75, 3.05) is 11.7 Å². The number of carboxylic acid groups (broad SMARTS) is 1. The summed E-state index contributed by atoms with van der Waals surface area (Å²) in [5, 5.41) is 9.64. The number of hydrogen-bond acceptors (Lipinski definition) is 5. The Morgan fingerprint density at radius 1 is 0.838 bits per heavy atom. The lowest BCUT2D eigenvalue weighted by atomic mass is 10.1. The Morgan fingerprint density at radius 2 is 1.51 bits per heavy atom. The summed E-state index contributed by atoms with van der Waals surface area (Å²) in [4.78, 5) is 13.9. The number of halogens is 1. The Hall–Kier alpha value is -4.52. The fraction of sp³-hybridized carbons (Fsp3) is 0.167. The van der Waals surface area contributed by atoms with Crippen LogP contribution in [0.25, 0.3) is 0 Å². The van der Waals surface area contributed by atoms with Crippen LogP contribution in [-0.4, -0.2) is 24.0 Å². The third kappa shape index (κ3) is 6.19. The van der Waals surface area contributed by atoms with Crippen LogP contribution in [0.5, 0.6) is 17.2 Å². The van der Waals surface area contributed by atoms with E-state index in [-0.39, 0.29) is 19.0 Å². The zero-order chi connectivity index (χ0) is 25.6. The van der Waals surface area contributed by atoms with Crippen LogP contribution in [0.2, 0.25) is 0 Å². The largest absolute Gasteiger partial charge is 0.478 e. The fourth-order valence-electron chi connectivity index (χ4n) is 4.22. The van der Waals surface area contributed by atoms with Crippen molar-refractivity contribution < 1.29 is 28.5 Å². The lowest BCUT2D eigenvalue weighted by Crippen LogP contribution is -2.29. The number of hydrogen-bond donors (Lipinski definition) is 1. The molecule has 1 heterocycles. The van der Waals surface area contributed by atoms with E-state index in [0.717, 1.165) is 28.1 Å². The van der Waals surface area contributed by atoms with Gasteiger partial charge in [0.15, 0.2) is 17.6 Å². The van der Waals surface area contributed by atoms with Gasteiger partial charge in [0.1, 0.15) is 11.6 Å². The van der Waals surface area contributed by atoms with Crippen molar-refractivity contribution in [1.82, 2.24) is 0 Å². The number of ether oxygens (including phenoxy) is 3. The molecule has 0 spiro atoms. The van der Waals surface area contributed by atoms with Crippen LogP contribution in [0.4, 0.5) is 10.1 Å². The van der Waals surface area contributed by atoms with Crippen molar-refractivity contribution in [2.45, 2.75) is 25.6 Å². The molecular formula is C30H26FNO5. The van der Waals surface area contributed by atoms with Gasteiger partial charge >= 0.3 is 5.97 Å². The van der Waals surface area contributed by atoms with Gasteiger partial charge in [0.25, 0.3) is 0 Å². The second-order valence-corrected chi connectivity index (χ2v) is 8.80. The molecule has 0 saturated heterocycles. The number of aliphatic carboxylic acids is 1. The molecule has 1 atom stereocenters. The molecule has 0 amide bonds. The van der Waals surface area contributed by atoms with Crippen molar-refractivity contribution in [1.29, 1.82) is 0 Å². The predicted octanol–water partition coefficient (Wildman–Crippen LogP) is 5.84. The number of anilines is 1. The highest BCUT2D eigenvalue weighted by molar-refractivity contribution is 5.73. The summed E-state index contributed by atoms with van der Waals surface area (Å²) in [6, 6.07) is 29.0. The van der Waals surface area contributed by atoms with Crippen LogP contribution in [0.15, 0.2) is 97.1 Å². The average molecular weight is 500 g/mol. The molecule has 0 fully saturated rings. The molecule has 4 aromatic rings. The molecule has 7 heteroatoms. The van der Waals surface area contributed by atoms with Gasteiger partial charge in [-0.1, -0.05) is 48.5 Å². The molecule has 1 aliphatic rings. The van der Waals surface area contributed by atoms with E-state index in [9.17, 15) is 14.3 Å². The van der Waals surface area contributed by atoms with Gasteiger partial charge in [0.2, 0.25) is 6.79 Å². The summed E-state index contributed by atoms with van der Waals surface area (Å²) < 4.78 is 30.3. The fourth-order valence-corrected chi connectivity index (χ4v) is 4.22. The smallest absolute Gasteiger partial charge is 0.345 e. The van der Waals surface area contributed by atoms with Crippen molar-refractivity contribution in [2.24, 2.45) is 0 Å². The SMILES string of the molecule is O=C(O)[C@@H](Cc1ccccc1)Oc1ccc(CN(Cc2ccc3c(c2)OCO3)c2ccc(F)cc2)cc1. The zero-order valence-corrected chi connectivity index (χ0v) is 20.0. The Bertz CT molecular complexity index is 1340. The van der Waals surface area contributed by atoms with E-state index in [1.54, 1.807) is 24.3 Å². The lowest BCUT2D eigenvalue weighted by molar-refractivity contribution is -0.145. The Balaban J connectivity index is 1.30. The molecule has 0 unspecified atom stereocenters. The molecule has 4 aromatic carbocycles.